The number of non-ortho nitro benzene ring substituents is 1. The van der Waals surface area contributed by atoms with Gasteiger partial charge in [-0.3, -0.25) is 15.1 Å². The molecular formula is C25H20N4O3S. The highest BCUT2D eigenvalue weighted by molar-refractivity contribution is 7.80. The van der Waals surface area contributed by atoms with Crippen molar-refractivity contribution in [1.29, 1.82) is 0 Å². The van der Waals surface area contributed by atoms with Crippen LogP contribution in [-0.2, 0) is 6.54 Å². The highest BCUT2D eigenvalue weighted by Crippen LogP contribution is 2.41. The van der Waals surface area contributed by atoms with Crippen molar-refractivity contribution >= 4 is 23.0 Å². The molecule has 1 aliphatic rings. The van der Waals surface area contributed by atoms with Crippen LogP contribution in [0.2, 0.25) is 0 Å². The van der Waals surface area contributed by atoms with Gasteiger partial charge in [-0.1, -0.05) is 48.5 Å². The largest absolute Gasteiger partial charge is 0.459 e. The Morgan fingerprint density at radius 1 is 1.03 bits per heavy atom. The molecule has 1 N–H and O–H groups in total. The number of nitrogens with one attached hydrogen (secondary N) is 1. The van der Waals surface area contributed by atoms with Gasteiger partial charge in [0.15, 0.2) is 5.11 Å². The lowest BCUT2D eigenvalue weighted by Gasteiger charge is -2.26. The van der Waals surface area contributed by atoms with Crippen LogP contribution in [0.4, 0.5) is 5.69 Å². The van der Waals surface area contributed by atoms with Crippen LogP contribution in [0.5, 0.6) is 0 Å². The van der Waals surface area contributed by atoms with Crippen LogP contribution in [0.15, 0.2) is 95.5 Å². The summed E-state index contributed by atoms with van der Waals surface area (Å²) in [5, 5.41) is 15.2. The van der Waals surface area contributed by atoms with Gasteiger partial charge in [0.05, 0.1) is 16.7 Å². The molecule has 4 aromatic rings. The molecule has 1 fully saturated rings. The molecule has 164 valence electrons. The van der Waals surface area contributed by atoms with Crippen LogP contribution in [-0.4, -0.2) is 19.9 Å². The van der Waals surface area contributed by atoms with E-state index in [1.54, 1.807) is 18.3 Å². The summed E-state index contributed by atoms with van der Waals surface area (Å²) in [6.07, 6.45) is 1.76. The summed E-state index contributed by atoms with van der Waals surface area (Å²) in [5.74, 6) is 1.27. The number of hydrogen-bond donors (Lipinski definition) is 1. The molecule has 0 amide bonds. The number of nitrogens with zero attached hydrogens (tertiary/aromatic N) is 3. The quantitative estimate of drug-likeness (QED) is 0.235. The van der Waals surface area contributed by atoms with Crippen LogP contribution >= 0.6 is 12.2 Å². The average molecular weight is 457 g/mol. The first kappa shape index (κ1) is 20.8. The molecule has 2 aromatic carbocycles. The van der Waals surface area contributed by atoms with E-state index in [1.807, 2.05) is 48.5 Å². The summed E-state index contributed by atoms with van der Waals surface area (Å²) in [7, 11) is 0. The number of rotatable bonds is 6. The zero-order valence-corrected chi connectivity index (χ0v) is 18.3. The van der Waals surface area contributed by atoms with Crippen LogP contribution < -0.4 is 5.32 Å². The predicted molar refractivity (Wildman–Crippen MR) is 128 cm³/mol. The molecule has 7 nitrogen and oxygen atoms in total. The van der Waals surface area contributed by atoms with E-state index in [-0.39, 0.29) is 17.8 Å². The van der Waals surface area contributed by atoms with Crippen LogP contribution in [0.25, 0.3) is 11.3 Å². The summed E-state index contributed by atoms with van der Waals surface area (Å²) >= 11 is 5.71. The van der Waals surface area contributed by atoms with Crippen molar-refractivity contribution in [2.45, 2.75) is 18.6 Å². The summed E-state index contributed by atoms with van der Waals surface area (Å²) < 4.78 is 6.26. The molecule has 2 atom stereocenters. The standard InChI is InChI=1S/C25H20N4O3S/c30-29(31)19-10-6-9-18(15-19)21-12-13-22(32-21)24-23(20-11-4-5-14-26-20)27-25(33)28(24)16-17-7-2-1-3-8-17/h1-15,23-24H,16H2,(H,27,33). The Hall–Kier alpha value is -4.04. The van der Waals surface area contributed by atoms with Gasteiger partial charge in [-0.15, -0.1) is 0 Å². The molecule has 1 saturated heterocycles. The van der Waals surface area contributed by atoms with Crippen molar-refractivity contribution in [1.82, 2.24) is 15.2 Å². The number of furan rings is 1. The fourth-order valence-corrected chi connectivity index (χ4v) is 4.41. The first-order valence-corrected chi connectivity index (χ1v) is 10.9. The summed E-state index contributed by atoms with van der Waals surface area (Å²) in [5.41, 5.74) is 2.65. The third-order valence-corrected chi connectivity index (χ3v) is 6.01. The molecule has 0 aliphatic carbocycles. The van der Waals surface area contributed by atoms with E-state index in [0.29, 0.717) is 28.7 Å². The second-order valence-electron chi connectivity index (χ2n) is 7.75. The van der Waals surface area contributed by atoms with Gasteiger partial charge in [0, 0.05) is 30.4 Å². The van der Waals surface area contributed by atoms with Crippen LogP contribution in [0.1, 0.15) is 29.1 Å². The van der Waals surface area contributed by atoms with E-state index >= 15 is 0 Å². The Labute approximate surface area is 195 Å². The summed E-state index contributed by atoms with van der Waals surface area (Å²) in [6.45, 7) is 0.605. The number of benzene rings is 2. The highest BCUT2D eigenvalue weighted by atomic mass is 32.1. The molecule has 8 heteroatoms. The van der Waals surface area contributed by atoms with Crippen molar-refractivity contribution in [3.8, 4) is 11.3 Å². The maximum Gasteiger partial charge on any atom is 0.270 e. The minimum Gasteiger partial charge on any atom is -0.459 e. The van der Waals surface area contributed by atoms with Crippen LogP contribution in [0, 0.1) is 10.1 Å². The second kappa shape index (κ2) is 8.84. The van der Waals surface area contributed by atoms with Crippen LogP contribution in [0.3, 0.4) is 0 Å². The number of thiocarbonyl (C=S) groups is 1. The molecule has 0 spiro atoms. The molecule has 2 aromatic heterocycles. The molecule has 0 radical (unpaired) electrons. The Kier molecular flexibility index (Phi) is 5.58. The van der Waals surface area contributed by atoms with Crippen molar-refractivity contribution in [2.75, 3.05) is 0 Å². The molecule has 0 saturated carbocycles. The Balaban J connectivity index is 1.53. The van der Waals surface area contributed by atoms with Crippen molar-refractivity contribution < 1.29 is 9.34 Å². The Morgan fingerprint density at radius 3 is 2.61 bits per heavy atom. The molecule has 3 heterocycles. The normalized spacial score (nSPS) is 17.7. The van der Waals surface area contributed by atoms with Gasteiger partial charge < -0.3 is 14.6 Å². The SMILES string of the molecule is O=[N+]([O-])c1cccc(-c2ccc(C3C(c4ccccn4)NC(=S)N3Cc3ccccc3)o2)c1. The van der Waals surface area contributed by atoms with E-state index in [4.69, 9.17) is 16.6 Å². The molecule has 5 rings (SSSR count). The molecule has 2 unspecified atom stereocenters. The van der Waals surface area contributed by atoms with Gasteiger partial charge in [-0.2, -0.15) is 0 Å². The number of nitro benzene ring substituents is 1. The Bertz CT molecular complexity index is 1290. The van der Waals surface area contributed by atoms with E-state index in [9.17, 15) is 10.1 Å². The highest BCUT2D eigenvalue weighted by Gasteiger charge is 2.41. The lowest BCUT2D eigenvalue weighted by molar-refractivity contribution is -0.384. The van der Waals surface area contributed by atoms with Crippen molar-refractivity contribution in [3.05, 3.63) is 118 Å². The maximum atomic E-state index is 11.2. The van der Waals surface area contributed by atoms with Crippen molar-refractivity contribution in [2.24, 2.45) is 0 Å². The number of pyridine rings is 1. The first-order valence-electron chi connectivity index (χ1n) is 10.5. The number of hydrogen-bond acceptors (Lipinski definition) is 5. The fraction of sp³-hybridized carbons (Fsp3) is 0.120. The first-order chi connectivity index (χ1) is 16.1. The van der Waals surface area contributed by atoms with Gasteiger partial charge in [0.25, 0.3) is 5.69 Å². The van der Waals surface area contributed by atoms with E-state index in [0.717, 1.165) is 11.3 Å². The number of aromatic nitrogens is 1. The fourth-order valence-electron chi connectivity index (χ4n) is 4.10. The molecule has 33 heavy (non-hydrogen) atoms. The minimum atomic E-state index is -0.411. The molecular weight excluding hydrogens is 436 g/mol. The van der Waals surface area contributed by atoms with E-state index < -0.39 is 4.92 Å². The van der Waals surface area contributed by atoms with Gasteiger partial charge in [-0.05, 0) is 42.0 Å². The van der Waals surface area contributed by atoms with E-state index in [1.165, 1.54) is 12.1 Å². The molecule has 1 aliphatic heterocycles. The zero-order chi connectivity index (χ0) is 22.8. The second-order valence-corrected chi connectivity index (χ2v) is 8.14. The maximum absolute atomic E-state index is 11.2. The predicted octanol–water partition coefficient (Wildman–Crippen LogP) is 5.42. The zero-order valence-electron chi connectivity index (χ0n) is 17.5. The van der Waals surface area contributed by atoms with Crippen molar-refractivity contribution in [3.63, 3.8) is 0 Å². The molecule has 0 bridgehead atoms. The third kappa shape index (κ3) is 4.20. The minimum absolute atomic E-state index is 0.0197. The lowest BCUT2D eigenvalue weighted by atomic mass is 10.0. The monoisotopic (exact) mass is 456 g/mol. The topological polar surface area (TPSA) is 84.4 Å². The third-order valence-electron chi connectivity index (χ3n) is 5.65. The summed E-state index contributed by atoms with van der Waals surface area (Å²) in [6, 6.07) is 25.6. The van der Waals surface area contributed by atoms with Gasteiger partial charge >= 0.3 is 0 Å². The van der Waals surface area contributed by atoms with Gasteiger partial charge in [0.2, 0.25) is 0 Å². The van der Waals surface area contributed by atoms with Gasteiger partial charge in [-0.25, -0.2) is 0 Å². The summed E-state index contributed by atoms with van der Waals surface area (Å²) in [4.78, 5) is 17.4. The smallest absolute Gasteiger partial charge is 0.270 e. The number of nitro groups is 1. The lowest BCUT2D eigenvalue weighted by Crippen LogP contribution is -2.29. The average Bonchev–Trinajstić information content (AvgIpc) is 3.45. The van der Waals surface area contributed by atoms with E-state index in [2.05, 4.69) is 27.3 Å². The Morgan fingerprint density at radius 2 is 1.85 bits per heavy atom. The van der Waals surface area contributed by atoms with Gasteiger partial charge in [0.1, 0.15) is 17.6 Å².